The molecule has 2 aliphatic carbocycles. The molecular weight excluding hydrogens is 270 g/mol. The number of morpholine rings is 1. The van der Waals surface area contributed by atoms with Gasteiger partial charge in [-0.3, -0.25) is 9.59 Å². The second-order valence-corrected chi connectivity index (χ2v) is 6.27. The number of amides is 2. The van der Waals surface area contributed by atoms with Crippen molar-refractivity contribution in [1.82, 2.24) is 10.2 Å². The number of nitrogens with one attached hydrogen (secondary N) is 1. The van der Waals surface area contributed by atoms with Crippen LogP contribution < -0.4 is 5.32 Å². The molecule has 3 fully saturated rings. The fraction of sp³-hybridized carbons (Fsp3) is 0.800. The predicted molar refractivity (Wildman–Crippen MR) is 74.0 cm³/mol. The van der Waals surface area contributed by atoms with Crippen molar-refractivity contribution in [2.24, 2.45) is 5.41 Å². The van der Waals surface area contributed by atoms with E-state index in [0.717, 1.165) is 25.7 Å². The van der Waals surface area contributed by atoms with E-state index in [2.05, 4.69) is 11.4 Å². The minimum Gasteiger partial charge on any atom is -0.377 e. The fourth-order valence-electron chi connectivity index (χ4n) is 3.22. The van der Waals surface area contributed by atoms with Crippen LogP contribution >= 0.6 is 0 Å². The van der Waals surface area contributed by atoms with Gasteiger partial charge in [0.15, 0.2) is 0 Å². The van der Waals surface area contributed by atoms with Gasteiger partial charge in [-0.15, -0.1) is 0 Å². The molecule has 1 heterocycles. The normalized spacial score (nSPS) is 28.0. The number of carbonyl (C=O) groups is 2. The summed E-state index contributed by atoms with van der Waals surface area (Å²) in [5.41, 5.74) is -0.921. The highest BCUT2D eigenvalue weighted by Gasteiger charge is 2.47. The van der Waals surface area contributed by atoms with E-state index in [0.29, 0.717) is 26.0 Å². The maximum Gasteiger partial charge on any atom is 0.245 e. The zero-order valence-corrected chi connectivity index (χ0v) is 12.1. The first-order valence-corrected chi connectivity index (χ1v) is 7.77. The Hall–Kier alpha value is -1.61. The first-order chi connectivity index (χ1) is 10.2. The summed E-state index contributed by atoms with van der Waals surface area (Å²) in [4.78, 5) is 26.7. The summed E-state index contributed by atoms with van der Waals surface area (Å²) < 4.78 is 5.38. The first kappa shape index (κ1) is 14.3. The molecule has 1 unspecified atom stereocenters. The Balaban J connectivity index is 1.75. The van der Waals surface area contributed by atoms with Crippen LogP contribution in [0.15, 0.2) is 0 Å². The molecule has 3 rings (SSSR count). The molecule has 1 atom stereocenters. The summed E-state index contributed by atoms with van der Waals surface area (Å²) in [6, 6.07) is 1.90. The average Bonchev–Trinajstić information content (AvgIpc) is 3.19. The topological polar surface area (TPSA) is 82.4 Å². The molecule has 114 valence electrons. The third-order valence-corrected chi connectivity index (χ3v) is 4.70. The van der Waals surface area contributed by atoms with E-state index in [1.807, 2.05) is 0 Å². The maximum atomic E-state index is 12.8. The summed E-state index contributed by atoms with van der Waals surface area (Å²) in [5, 5.41) is 12.4. The molecule has 0 aromatic carbocycles. The van der Waals surface area contributed by atoms with Gasteiger partial charge in [-0.05, 0) is 25.7 Å². The first-order valence-electron chi connectivity index (χ1n) is 7.77. The van der Waals surface area contributed by atoms with Crippen molar-refractivity contribution in [1.29, 1.82) is 5.26 Å². The monoisotopic (exact) mass is 291 g/mol. The summed E-state index contributed by atoms with van der Waals surface area (Å²) in [7, 11) is 0. The van der Waals surface area contributed by atoms with Crippen molar-refractivity contribution < 1.29 is 14.3 Å². The number of hydrogen-bond donors (Lipinski definition) is 1. The molecule has 1 saturated heterocycles. The number of carbonyl (C=O) groups excluding carboxylic acids is 2. The van der Waals surface area contributed by atoms with Crippen molar-refractivity contribution in [3.63, 3.8) is 0 Å². The lowest BCUT2D eigenvalue weighted by Gasteiger charge is -2.38. The van der Waals surface area contributed by atoms with Gasteiger partial charge in [0.25, 0.3) is 0 Å². The van der Waals surface area contributed by atoms with Crippen LogP contribution in [0.5, 0.6) is 0 Å². The summed E-state index contributed by atoms with van der Waals surface area (Å²) >= 11 is 0. The molecule has 2 saturated carbocycles. The fourth-order valence-corrected chi connectivity index (χ4v) is 3.22. The zero-order chi connectivity index (χ0) is 14.9. The molecule has 0 bridgehead atoms. The third kappa shape index (κ3) is 2.75. The van der Waals surface area contributed by atoms with Crippen molar-refractivity contribution in [2.45, 2.75) is 50.6 Å². The second-order valence-electron chi connectivity index (χ2n) is 6.27. The van der Waals surface area contributed by atoms with Crippen LogP contribution in [0.4, 0.5) is 0 Å². The van der Waals surface area contributed by atoms with Gasteiger partial charge in [-0.2, -0.15) is 5.26 Å². The van der Waals surface area contributed by atoms with Gasteiger partial charge in [0.05, 0.1) is 19.3 Å². The van der Waals surface area contributed by atoms with Crippen LogP contribution in [-0.4, -0.2) is 48.6 Å². The van der Waals surface area contributed by atoms with Gasteiger partial charge in [0.2, 0.25) is 11.8 Å². The standard InChI is InChI=1S/C15H21N3O3/c16-10-15(5-1-2-6-15)14(20)18-7-8-21-9-12(18)13(19)17-11-3-4-11/h11-12H,1-9H2,(H,17,19). The Kier molecular flexibility index (Phi) is 3.85. The second kappa shape index (κ2) is 5.64. The Morgan fingerprint density at radius 2 is 2.00 bits per heavy atom. The Morgan fingerprint density at radius 3 is 2.62 bits per heavy atom. The van der Waals surface area contributed by atoms with E-state index in [9.17, 15) is 14.9 Å². The minimum atomic E-state index is -0.921. The quantitative estimate of drug-likeness (QED) is 0.824. The molecule has 0 aromatic heterocycles. The SMILES string of the molecule is N#CC1(C(=O)N2CCOCC2C(=O)NC2CC2)CCCC1. The zero-order valence-electron chi connectivity index (χ0n) is 12.1. The number of ether oxygens (including phenoxy) is 1. The van der Waals surface area contributed by atoms with E-state index in [-0.39, 0.29) is 24.5 Å². The molecule has 0 aromatic rings. The van der Waals surface area contributed by atoms with Gasteiger partial charge in [0.1, 0.15) is 11.5 Å². The van der Waals surface area contributed by atoms with Crippen molar-refractivity contribution in [3.8, 4) is 6.07 Å². The summed E-state index contributed by atoms with van der Waals surface area (Å²) in [6.45, 7) is 1.05. The van der Waals surface area contributed by atoms with E-state index in [1.165, 1.54) is 0 Å². The highest BCUT2D eigenvalue weighted by Crippen LogP contribution is 2.39. The molecular formula is C15H21N3O3. The largest absolute Gasteiger partial charge is 0.377 e. The van der Waals surface area contributed by atoms with Gasteiger partial charge in [-0.1, -0.05) is 12.8 Å². The van der Waals surface area contributed by atoms with E-state index in [1.54, 1.807) is 4.90 Å². The van der Waals surface area contributed by atoms with Crippen LogP contribution in [0.1, 0.15) is 38.5 Å². The summed E-state index contributed by atoms with van der Waals surface area (Å²) in [5.74, 6) is -0.321. The van der Waals surface area contributed by atoms with Crippen LogP contribution in [-0.2, 0) is 14.3 Å². The van der Waals surface area contributed by atoms with Crippen LogP contribution in [0.3, 0.4) is 0 Å². The van der Waals surface area contributed by atoms with Crippen molar-refractivity contribution >= 4 is 11.8 Å². The Morgan fingerprint density at radius 1 is 1.29 bits per heavy atom. The molecule has 6 heteroatoms. The van der Waals surface area contributed by atoms with Gasteiger partial charge in [-0.25, -0.2) is 0 Å². The molecule has 6 nitrogen and oxygen atoms in total. The molecule has 1 aliphatic heterocycles. The van der Waals surface area contributed by atoms with Crippen molar-refractivity contribution in [3.05, 3.63) is 0 Å². The highest BCUT2D eigenvalue weighted by atomic mass is 16.5. The lowest BCUT2D eigenvalue weighted by molar-refractivity contribution is -0.154. The molecule has 0 radical (unpaired) electrons. The molecule has 1 N–H and O–H groups in total. The molecule has 0 spiro atoms. The van der Waals surface area contributed by atoms with E-state index >= 15 is 0 Å². The molecule has 2 amide bonds. The summed E-state index contributed by atoms with van der Waals surface area (Å²) in [6.07, 6.45) is 5.04. The van der Waals surface area contributed by atoms with Gasteiger partial charge >= 0.3 is 0 Å². The van der Waals surface area contributed by atoms with E-state index < -0.39 is 11.5 Å². The number of nitrogens with zero attached hydrogens (tertiary/aromatic N) is 2. The van der Waals surface area contributed by atoms with Crippen LogP contribution in [0, 0.1) is 16.7 Å². The molecule has 21 heavy (non-hydrogen) atoms. The smallest absolute Gasteiger partial charge is 0.245 e. The van der Waals surface area contributed by atoms with Gasteiger partial charge in [0, 0.05) is 12.6 Å². The predicted octanol–water partition coefficient (Wildman–Crippen LogP) is 0.576. The van der Waals surface area contributed by atoms with E-state index in [4.69, 9.17) is 4.74 Å². The van der Waals surface area contributed by atoms with Crippen LogP contribution in [0.2, 0.25) is 0 Å². The lowest BCUT2D eigenvalue weighted by atomic mass is 9.85. The van der Waals surface area contributed by atoms with Gasteiger partial charge < -0.3 is 15.0 Å². The lowest BCUT2D eigenvalue weighted by Crippen LogP contribution is -2.59. The van der Waals surface area contributed by atoms with Crippen LogP contribution in [0.25, 0.3) is 0 Å². The van der Waals surface area contributed by atoms with Crippen molar-refractivity contribution in [2.75, 3.05) is 19.8 Å². The Labute approximate surface area is 124 Å². The highest BCUT2D eigenvalue weighted by molar-refractivity contribution is 5.92. The Bertz CT molecular complexity index is 475. The molecule has 3 aliphatic rings. The third-order valence-electron chi connectivity index (χ3n) is 4.70. The average molecular weight is 291 g/mol. The minimum absolute atomic E-state index is 0.142. The number of nitriles is 1. The number of rotatable bonds is 3. The maximum absolute atomic E-state index is 12.8. The number of hydrogen-bond acceptors (Lipinski definition) is 4.